The van der Waals surface area contributed by atoms with Gasteiger partial charge in [-0.1, -0.05) is 24.6 Å². The summed E-state index contributed by atoms with van der Waals surface area (Å²) in [5.41, 5.74) is 1.52. The van der Waals surface area contributed by atoms with Crippen LogP contribution in [0.5, 0.6) is 0 Å². The molecule has 0 bridgehead atoms. The topological polar surface area (TPSA) is 63.2 Å². The summed E-state index contributed by atoms with van der Waals surface area (Å²) < 4.78 is 27.1. The molecule has 0 aromatic carbocycles. The highest BCUT2D eigenvalue weighted by Gasteiger charge is 2.24. The lowest BCUT2D eigenvalue weighted by atomic mass is 10.3. The molecule has 0 spiro atoms. The number of rotatable bonds is 7. The first kappa shape index (κ1) is 17.8. The maximum Gasteiger partial charge on any atom is 0.244 e. The SMILES string of the molecule is CCCN(CCc1ccccn1)S(=O)(=O)c1cnc(Cl)c(C)c1. The first-order valence-corrected chi connectivity index (χ1v) is 9.29. The molecule has 0 saturated carbocycles. The van der Waals surface area contributed by atoms with Crippen molar-refractivity contribution in [2.75, 3.05) is 13.1 Å². The number of aryl methyl sites for hydroxylation is 1. The van der Waals surface area contributed by atoms with E-state index >= 15 is 0 Å². The van der Waals surface area contributed by atoms with Crippen LogP contribution in [0.15, 0.2) is 41.6 Å². The zero-order chi connectivity index (χ0) is 16.9. The normalized spacial score (nSPS) is 11.8. The highest BCUT2D eigenvalue weighted by molar-refractivity contribution is 7.89. The molecule has 0 unspecified atom stereocenters. The number of hydrogen-bond acceptors (Lipinski definition) is 4. The summed E-state index contributed by atoms with van der Waals surface area (Å²) in [4.78, 5) is 8.37. The van der Waals surface area contributed by atoms with Crippen molar-refractivity contribution in [3.63, 3.8) is 0 Å². The van der Waals surface area contributed by atoms with Gasteiger partial charge < -0.3 is 0 Å². The van der Waals surface area contributed by atoms with E-state index in [4.69, 9.17) is 11.6 Å². The summed E-state index contributed by atoms with van der Waals surface area (Å²) >= 11 is 5.88. The average Bonchev–Trinajstić information content (AvgIpc) is 2.54. The Labute approximate surface area is 142 Å². The number of halogens is 1. The van der Waals surface area contributed by atoms with E-state index in [-0.39, 0.29) is 4.90 Å². The van der Waals surface area contributed by atoms with Crippen molar-refractivity contribution in [1.82, 2.24) is 14.3 Å². The first-order chi connectivity index (χ1) is 10.9. The lowest BCUT2D eigenvalue weighted by Gasteiger charge is -2.21. The van der Waals surface area contributed by atoms with E-state index < -0.39 is 10.0 Å². The highest BCUT2D eigenvalue weighted by atomic mass is 35.5. The molecule has 0 aliphatic heterocycles. The van der Waals surface area contributed by atoms with Crippen LogP contribution in [0.1, 0.15) is 24.6 Å². The summed E-state index contributed by atoms with van der Waals surface area (Å²) in [5.74, 6) is 0. The van der Waals surface area contributed by atoms with Crippen LogP contribution in [0.3, 0.4) is 0 Å². The van der Waals surface area contributed by atoms with E-state index in [0.29, 0.717) is 30.2 Å². The smallest absolute Gasteiger partial charge is 0.244 e. The molecule has 0 N–H and O–H groups in total. The molecule has 0 aliphatic rings. The quantitative estimate of drug-likeness (QED) is 0.717. The minimum Gasteiger partial charge on any atom is -0.261 e. The second-order valence-electron chi connectivity index (χ2n) is 5.25. The monoisotopic (exact) mass is 353 g/mol. The average molecular weight is 354 g/mol. The third-order valence-electron chi connectivity index (χ3n) is 3.44. The van der Waals surface area contributed by atoms with Crippen LogP contribution in [0.4, 0.5) is 0 Å². The van der Waals surface area contributed by atoms with Gasteiger partial charge in [-0.05, 0) is 37.1 Å². The molecule has 0 aliphatic carbocycles. The van der Waals surface area contributed by atoms with Crippen molar-refractivity contribution < 1.29 is 8.42 Å². The van der Waals surface area contributed by atoms with Crippen LogP contribution in [0.2, 0.25) is 5.15 Å². The molecule has 2 heterocycles. The lowest BCUT2D eigenvalue weighted by molar-refractivity contribution is 0.412. The van der Waals surface area contributed by atoms with Gasteiger partial charge in [0, 0.05) is 37.6 Å². The predicted octanol–water partition coefficient (Wildman–Crippen LogP) is 3.08. The Morgan fingerprint density at radius 1 is 1.22 bits per heavy atom. The second kappa shape index (κ2) is 7.86. The Hall–Kier alpha value is -1.50. The van der Waals surface area contributed by atoms with E-state index in [1.807, 2.05) is 25.1 Å². The summed E-state index contributed by atoms with van der Waals surface area (Å²) in [6.45, 7) is 4.53. The van der Waals surface area contributed by atoms with Gasteiger partial charge >= 0.3 is 0 Å². The van der Waals surface area contributed by atoms with Gasteiger partial charge in [-0.3, -0.25) is 4.98 Å². The van der Waals surface area contributed by atoms with Crippen molar-refractivity contribution >= 4 is 21.6 Å². The standard InChI is InChI=1S/C16H20ClN3O2S/c1-3-9-20(10-7-14-6-4-5-8-18-14)23(21,22)15-11-13(2)16(17)19-12-15/h4-6,8,11-12H,3,7,9-10H2,1-2H3. The fourth-order valence-corrected chi connectivity index (χ4v) is 3.88. The molecule has 7 heteroatoms. The van der Waals surface area contributed by atoms with Crippen molar-refractivity contribution in [1.29, 1.82) is 0 Å². The molecule has 0 amide bonds. The maximum atomic E-state index is 12.8. The van der Waals surface area contributed by atoms with E-state index in [1.54, 1.807) is 19.2 Å². The third-order valence-corrected chi connectivity index (χ3v) is 5.70. The molecule has 0 saturated heterocycles. The molecule has 23 heavy (non-hydrogen) atoms. The minimum absolute atomic E-state index is 0.175. The lowest BCUT2D eigenvalue weighted by Crippen LogP contribution is -2.34. The van der Waals surface area contributed by atoms with Gasteiger partial charge in [-0.15, -0.1) is 0 Å². The van der Waals surface area contributed by atoms with Gasteiger partial charge in [0.2, 0.25) is 10.0 Å². The first-order valence-electron chi connectivity index (χ1n) is 7.47. The van der Waals surface area contributed by atoms with Gasteiger partial charge in [-0.25, -0.2) is 13.4 Å². The maximum absolute atomic E-state index is 12.8. The number of hydrogen-bond donors (Lipinski definition) is 0. The Bertz CT molecular complexity index is 751. The van der Waals surface area contributed by atoms with E-state index in [2.05, 4.69) is 9.97 Å². The predicted molar refractivity (Wildman–Crippen MR) is 91.0 cm³/mol. The molecule has 2 aromatic heterocycles. The van der Waals surface area contributed by atoms with Crippen molar-refractivity contribution in [3.8, 4) is 0 Å². The molecular weight excluding hydrogens is 334 g/mol. The van der Waals surface area contributed by atoms with E-state index in [0.717, 1.165) is 12.1 Å². The molecule has 0 radical (unpaired) electrons. The number of aromatic nitrogens is 2. The summed E-state index contributed by atoms with van der Waals surface area (Å²) in [5, 5.41) is 0.319. The largest absolute Gasteiger partial charge is 0.261 e. The van der Waals surface area contributed by atoms with E-state index in [9.17, 15) is 8.42 Å². The fraction of sp³-hybridized carbons (Fsp3) is 0.375. The minimum atomic E-state index is -3.59. The van der Waals surface area contributed by atoms with Crippen LogP contribution < -0.4 is 0 Å². The summed E-state index contributed by atoms with van der Waals surface area (Å²) in [7, 11) is -3.59. The molecule has 5 nitrogen and oxygen atoms in total. The number of nitrogens with zero attached hydrogens (tertiary/aromatic N) is 3. The van der Waals surface area contributed by atoms with Crippen molar-refractivity contribution in [2.24, 2.45) is 0 Å². The zero-order valence-electron chi connectivity index (χ0n) is 13.2. The van der Waals surface area contributed by atoms with Gasteiger partial charge in [0.15, 0.2) is 0 Å². The molecule has 0 fully saturated rings. The van der Waals surface area contributed by atoms with Gasteiger partial charge in [0.1, 0.15) is 10.0 Å². The Balaban J connectivity index is 2.22. The van der Waals surface area contributed by atoms with Crippen LogP contribution >= 0.6 is 11.6 Å². The van der Waals surface area contributed by atoms with Gasteiger partial charge in [-0.2, -0.15) is 4.31 Å². The molecule has 2 aromatic rings. The van der Waals surface area contributed by atoms with Crippen LogP contribution in [0.25, 0.3) is 0 Å². The van der Waals surface area contributed by atoms with Crippen LogP contribution in [-0.4, -0.2) is 35.8 Å². The summed E-state index contributed by atoms with van der Waals surface area (Å²) in [6, 6.07) is 7.19. The summed E-state index contributed by atoms with van der Waals surface area (Å²) in [6.07, 6.45) is 4.33. The molecular formula is C16H20ClN3O2S. The zero-order valence-corrected chi connectivity index (χ0v) is 14.8. The van der Waals surface area contributed by atoms with Gasteiger partial charge in [0.05, 0.1) is 0 Å². The number of sulfonamides is 1. The molecule has 124 valence electrons. The Kier molecular flexibility index (Phi) is 6.10. The van der Waals surface area contributed by atoms with Crippen LogP contribution in [-0.2, 0) is 16.4 Å². The molecule has 2 rings (SSSR count). The van der Waals surface area contributed by atoms with Gasteiger partial charge in [0.25, 0.3) is 0 Å². The number of pyridine rings is 2. The Morgan fingerprint density at radius 2 is 2.00 bits per heavy atom. The van der Waals surface area contributed by atoms with Crippen LogP contribution in [0, 0.1) is 6.92 Å². The van der Waals surface area contributed by atoms with Crippen molar-refractivity contribution in [3.05, 3.63) is 53.1 Å². The van der Waals surface area contributed by atoms with Crippen molar-refractivity contribution in [2.45, 2.75) is 31.6 Å². The van der Waals surface area contributed by atoms with E-state index in [1.165, 1.54) is 10.5 Å². The highest BCUT2D eigenvalue weighted by Crippen LogP contribution is 2.20. The fourth-order valence-electron chi connectivity index (χ4n) is 2.21. The Morgan fingerprint density at radius 3 is 2.61 bits per heavy atom. The second-order valence-corrected chi connectivity index (χ2v) is 7.55. The molecule has 0 atom stereocenters. The third kappa shape index (κ3) is 4.50.